The molecule has 2 aromatic heterocycles. The minimum absolute atomic E-state index is 0.253. The molecule has 4 aromatic rings. The highest BCUT2D eigenvalue weighted by atomic mass is 32.1. The third kappa shape index (κ3) is 4.27. The van der Waals surface area contributed by atoms with Crippen molar-refractivity contribution in [3.05, 3.63) is 94.8 Å². The Morgan fingerprint density at radius 2 is 1.97 bits per heavy atom. The lowest BCUT2D eigenvalue weighted by Gasteiger charge is -2.37. The van der Waals surface area contributed by atoms with Gasteiger partial charge >= 0.3 is 0 Å². The predicted octanol–water partition coefficient (Wildman–Crippen LogP) is 5.67. The fourth-order valence-corrected chi connectivity index (χ4v) is 4.89. The molecule has 0 fully saturated rings. The van der Waals surface area contributed by atoms with Crippen molar-refractivity contribution < 1.29 is 9.26 Å². The van der Waals surface area contributed by atoms with E-state index in [1.165, 1.54) is 0 Å². The number of thiocarbonyl (C=S) groups is 1. The quantitative estimate of drug-likeness (QED) is 0.361. The molecule has 166 valence electrons. The third-order valence-corrected chi connectivity index (χ3v) is 6.81. The third-order valence-electron chi connectivity index (χ3n) is 5.60. The van der Waals surface area contributed by atoms with Crippen LogP contribution in [0.2, 0.25) is 0 Å². The van der Waals surface area contributed by atoms with Crippen LogP contribution in [-0.4, -0.2) is 27.3 Å². The number of hydrogen-bond acceptors (Lipinski definition) is 6. The van der Waals surface area contributed by atoms with Gasteiger partial charge in [0.1, 0.15) is 5.75 Å². The Bertz CT molecular complexity index is 1300. The topological polar surface area (TPSA) is 63.4 Å². The molecule has 5 rings (SSSR count). The van der Waals surface area contributed by atoms with Gasteiger partial charge in [-0.1, -0.05) is 53.7 Å². The second-order valence-electron chi connectivity index (χ2n) is 7.63. The molecule has 0 amide bonds. The van der Waals surface area contributed by atoms with E-state index in [1.54, 1.807) is 18.4 Å². The smallest absolute Gasteiger partial charge is 0.258 e. The van der Waals surface area contributed by atoms with Crippen LogP contribution in [0.25, 0.3) is 16.3 Å². The van der Waals surface area contributed by atoms with Crippen molar-refractivity contribution >= 4 is 34.2 Å². The Hall–Kier alpha value is -3.49. The number of aromatic nitrogens is 2. The fraction of sp³-hybridized carbons (Fsp3) is 0.160. The molecule has 1 atom stereocenters. The van der Waals surface area contributed by atoms with E-state index < -0.39 is 0 Å². The zero-order valence-electron chi connectivity index (χ0n) is 18.2. The summed E-state index contributed by atoms with van der Waals surface area (Å²) in [5.41, 5.74) is 4.02. The number of benzene rings is 2. The van der Waals surface area contributed by atoms with E-state index in [9.17, 15) is 0 Å². The van der Waals surface area contributed by atoms with Gasteiger partial charge in [0.2, 0.25) is 5.82 Å². The zero-order valence-corrected chi connectivity index (χ0v) is 19.8. The number of nitrogens with one attached hydrogen (secondary N) is 1. The average molecular weight is 475 g/mol. The molecule has 0 bridgehead atoms. The summed E-state index contributed by atoms with van der Waals surface area (Å²) in [6, 6.07) is 21.9. The Balaban J connectivity index is 1.61. The summed E-state index contributed by atoms with van der Waals surface area (Å²) in [5, 5.41) is 10.4. The second-order valence-corrected chi connectivity index (χ2v) is 8.96. The first-order valence-electron chi connectivity index (χ1n) is 10.5. The Morgan fingerprint density at radius 3 is 2.73 bits per heavy atom. The van der Waals surface area contributed by atoms with Crippen LogP contribution in [0.5, 0.6) is 5.75 Å². The van der Waals surface area contributed by atoms with Crippen LogP contribution in [0.1, 0.15) is 30.0 Å². The standard InChI is InChI=1S/C25H22N4O2S2/c1-16-21(24-27-23(28-31-24)20-12-7-13-33-20)22(18-10-6-11-19(14-18)30-2)26-25(32)29(16)15-17-8-4-3-5-9-17/h3-14,22H,15H2,1-2H3,(H,26,32). The van der Waals surface area contributed by atoms with Crippen LogP contribution in [0.4, 0.5) is 0 Å². The fourth-order valence-electron chi connectivity index (χ4n) is 3.92. The maximum atomic E-state index is 5.80. The number of methoxy groups -OCH3 is 1. The monoisotopic (exact) mass is 474 g/mol. The molecular formula is C25H22N4O2S2. The largest absolute Gasteiger partial charge is 0.497 e. The molecule has 1 unspecified atom stereocenters. The highest BCUT2D eigenvalue weighted by molar-refractivity contribution is 7.80. The van der Waals surface area contributed by atoms with Crippen molar-refractivity contribution in [2.45, 2.75) is 19.5 Å². The number of ether oxygens (including phenoxy) is 1. The van der Waals surface area contributed by atoms with Crippen molar-refractivity contribution in [2.75, 3.05) is 7.11 Å². The van der Waals surface area contributed by atoms with Gasteiger partial charge in [-0.25, -0.2) is 0 Å². The molecule has 2 aromatic carbocycles. The van der Waals surface area contributed by atoms with Crippen molar-refractivity contribution in [1.29, 1.82) is 0 Å². The van der Waals surface area contributed by atoms with Crippen molar-refractivity contribution in [3.8, 4) is 16.5 Å². The molecule has 33 heavy (non-hydrogen) atoms. The van der Waals surface area contributed by atoms with Crippen LogP contribution >= 0.6 is 23.6 Å². The lowest BCUT2D eigenvalue weighted by Crippen LogP contribution is -2.45. The van der Waals surface area contributed by atoms with E-state index in [4.69, 9.17) is 26.5 Å². The van der Waals surface area contributed by atoms with Gasteiger partial charge in [0, 0.05) is 12.2 Å². The lowest BCUT2D eigenvalue weighted by atomic mass is 9.94. The van der Waals surface area contributed by atoms with Crippen LogP contribution in [0, 0.1) is 0 Å². The molecule has 3 heterocycles. The first-order chi connectivity index (χ1) is 16.1. The highest BCUT2D eigenvalue weighted by Crippen LogP contribution is 2.39. The van der Waals surface area contributed by atoms with E-state index in [1.807, 2.05) is 66.9 Å². The van der Waals surface area contributed by atoms with E-state index in [2.05, 4.69) is 27.5 Å². The first-order valence-corrected chi connectivity index (χ1v) is 11.8. The van der Waals surface area contributed by atoms with E-state index in [0.29, 0.717) is 23.4 Å². The second kappa shape index (κ2) is 9.17. The van der Waals surface area contributed by atoms with Gasteiger partial charge in [0.15, 0.2) is 5.11 Å². The summed E-state index contributed by atoms with van der Waals surface area (Å²) in [6.07, 6.45) is 0. The van der Waals surface area contributed by atoms with E-state index >= 15 is 0 Å². The molecule has 0 saturated heterocycles. The predicted molar refractivity (Wildman–Crippen MR) is 134 cm³/mol. The van der Waals surface area contributed by atoms with E-state index in [-0.39, 0.29) is 6.04 Å². The first kappa shape index (κ1) is 21.4. The molecule has 0 spiro atoms. The number of allylic oxidation sites excluding steroid dienone is 1. The molecule has 0 saturated carbocycles. The van der Waals surface area contributed by atoms with Gasteiger partial charge in [-0.05, 0) is 53.8 Å². The minimum atomic E-state index is -0.253. The van der Waals surface area contributed by atoms with Crippen LogP contribution in [0.3, 0.4) is 0 Å². The number of nitrogens with zero attached hydrogens (tertiary/aromatic N) is 3. The summed E-state index contributed by atoms with van der Waals surface area (Å²) in [4.78, 5) is 7.78. The van der Waals surface area contributed by atoms with Crippen LogP contribution < -0.4 is 10.1 Å². The maximum absolute atomic E-state index is 5.80. The summed E-state index contributed by atoms with van der Waals surface area (Å²) in [6.45, 7) is 2.69. The number of rotatable bonds is 6. The maximum Gasteiger partial charge on any atom is 0.258 e. The molecule has 1 aliphatic heterocycles. The van der Waals surface area contributed by atoms with Gasteiger partial charge in [-0.3, -0.25) is 0 Å². The summed E-state index contributed by atoms with van der Waals surface area (Å²) >= 11 is 7.38. The highest BCUT2D eigenvalue weighted by Gasteiger charge is 2.34. The molecular weight excluding hydrogens is 452 g/mol. The minimum Gasteiger partial charge on any atom is -0.497 e. The number of hydrogen-bond donors (Lipinski definition) is 1. The van der Waals surface area contributed by atoms with E-state index in [0.717, 1.165) is 33.0 Å². The molecule has 0 aliphatic carbocycles. The summed E-state index contributed by atoms with van der Waals surface area (Å²) < 4.78 is 11.2. The molecule has 6 nitrogen and oxygen atoms in total. The van der Waals surface area contributed by atoms with Crippen LogP contribution in [-0.2, 0) is 6.54 Å². The van der Waals surface area contributed by atoms with Crippen molar-refractivity contribution in [1.82, 2.24) is 20.4 Å². The van der Waals surface area contributed by atoms with Gasteiger partial charge in [-0.15, -0.1) is 11.3 Å². The Labute approximate surface area is 201 Å². The molecule has 1 N–H and O–H groups in total. The van der Waals surface area contributed by atoms with Gasteiger partial charge < -0.3 is 19.5 Å². The van der Waals surface area contributed by atoms with Gasteiger partial charge in [0.05, 0.1) is 23.6 Å². The van der Waals surface area contributed by atoms with Crippen molar-refractivity contribution in [3.63, 3.8) is 0 Å². The normalized spacial score (nSPS) is 16.1. The Kier molecular flexibility index (Phi) is 5.93. The van der Waals surface area contributed by atoms with Gasteiger partial charge in [0.25, 0.3) is 5.89 Å². The zero-order chi connectivity index (χ0) is 22.8. The Morgan fingerprint density at radius 1 is 1.12 bits per heavy atom. The van der Waals surface area contributed by atoms with Crippen molar-refractivity contribution in [2.24, 2.45) is 0 Å². The lowest BCUT2D eigenvalue weighted by molar-refractivity contribution is 0.395. The summed E-state index contributed by atoms with van der Waals surface area (Å²) in [7, 11) is 1.66. The molecule has 8 heteroatoms. The van der Waals surface area contributed by atoms with Gasteiger partial charge in [-0.2, -0.15) is 4.98 Å². The average Bonchev–Trinajstić information content (AvgIpc) is 3.54. The molecule has 1 aliphatic rings. The van der Waals surface area contributed by atoms with Crippen LogP contribution in [0.15, 0.2) is 82.3 Å². The SMILES string of the molecule is COc1cccc(C2NC(=S)N(Cc3ccccc3)C(C)=C2c2nc(-c3cccs3)no2)c1. The number of thiophene rings is 1. The molecule has 0 radical (unpaired) electrons. The summed E-state index contributed by atoms with van der Waals surface area (Å²) in [5.74, 6) is 1.82.